The molecule has 0 radical (unpaired) electrons. The van der Waals surface area contributed by atoms with Gasteiger partial charge >= 0.3 is 6.18 Å². The van der Waals surface area contributed by atoms with Gasteiger partial charge in [-0.3, -0.25) is 0 Å². The van der Waals surface area contributed by atoms with Crippen LogP contribution in [0.3, 0.4) is 0 Å². The molecule has 0 saturated carbocycles. The van der Waals surface area contributed by atoms with Crippen LogP contribution in [0.15, 0.2) is 12.4 Å². The number of rotatable bonds is 7. The van der Waals surface area contributed by atoms with E-state index in [4.69, 9.17) is 0 Å². The Balaban J connectivity index is 2.76. The molecular formula is C14H22F3N3. The van der Waals surface area contributed by atoms with Gasteiger partial charge in [0.25, 0.3) is 0 Å². The summed E-state index contributed by atoms with van der Waals surface area (Å²) in [5, 5.41) is 0. The maximum absolute atomic E-state index is 12.5. The summed E-state index contributed by atoms with van der Waals surface area (Å²) >= 11 is 0. The summed E-state index contributed by atoms with van der Waals surface area (Å²) in [6, 6.07) is 0. The molecule has 0 aromatic carbocycles. The molecule has 1 aromatic heterocycles. The first-order valence-electron chi connectivity index (χ1n) is 7.02. The summed E-state index contributed by atoms with van der Waals surface area (Å²) in [5.41, 5.74) is -0.806. The second kappa shape index (κ2) is 7.45. The summed E-state index contributed by atoms with van der Waals surface area (Å²) in [7, 11) is 0. The van der Waals surface area contributed by atoms with E-state index in [1.807, 2.05) is 11.8 Å². The van der Waals surface area contributed by atoms with E-state index in [9.17, 15) is 13.2 Å². The lowest BCUT2D eigenvalue weighted by molar-refractivity contribution is -0.138. The number of anilines is 1. The molecule has 1 heterocycles. The van der Waals surface area contributed by atoms with Crippen LogP contribution in [0.1, 0.15) is 45.6 Å². The molecule has 0 fully saturated rings. The van der Waals surface area contributed by atoms with Crippen molar-refractivity contribution in [2.45, 2.75) is 46.2 Å². The van der Waals surface area contributed by atoms with Gasteiger partial charge in [0.2, 0.25) is 5.95 Å². The number of hydrogen-bond acceptors (Lipinski definition) is 3. The number of aromatic nitrogens is 2. The average molecular weight is 289 g/mol. The summed E-state index contributed by atoms with van der Waals surface area (Å²) in [6.07, 6.45) is 0.312. The number of halogens is 3. The van der Waals surface area contributed by atoms with Crippen LogP contribution in [-0.4, -0.2) is 23.1 Å². The zero-order chi connectivity index (χ0) is 15.2. The van der Waals surface area contributed by atoms with Gasteiger partial charge in [0.1, 0.15) is 0 Å². The Hall–Kier alpha value is -1.33. The predicted octanol–water partition coefficient (Wildman–Crippen LogP) is 4.15. The van der Waals surface area contributed by atoms with Gasteiger partial charge in [-0.05, 0) is 18.8 Å². The SMILES string of the molecule is CCCN(CCC(C)CC)c1ncc(C(F)(F)F)cn1. The van der Waals surface area contributed by atoms with Crippen molar-refractivity contribution in [3.05, 3.63) is 18.0 Å². The van der Waals surface area contributed by atoms with E-state index in [0.717, 1.165) is 44.7 Å². The molecule has 0 aliphatic heterocycles. The first-order valence-corrected chi connectivity index (χ1v) is 7.02. The quantitative estimate of drug-likeness (QED) is 0.755. The minimum absolute atomic E-state index is 0.378. The van der Waals surface area contributed by atoms with E-state index >= 15 is 0 Å². The van der Waals surface area contributed by atoms with Gasteiger partial charge in [0, 0.05) is 25.5 Å². The maximum atomic E-state index is 12.5. The van der Waals surface area contributed by atoms with Crippen molar-refractivity contribution in [3.63, 3.8) is 0 Å². The van der Waals surface area contributed by atoms with Crippen LogP contribution < -0.4 is 4.90 Å². The highest BCUT2D eigenvalue weighted by Crippen LogP contribution is 2.28. The van der Waals surface area contributed by atoms with Crippen LogP contribution >= 0.6 is 0 Å². The van der Waals surface area contributed by atoms with E-state index in [-0.39, 0.29) is 0 Å². The van der Waals surface area contributed by atoms with Crippen LogP contribution in [-0.2, 0) is 6.18 Å². The lowest BCUT2D eigenvalue weighted by Gasteiger charge is -2.23. The highest BCUT2D eigenvalue weighted by molar-refractivity contribution is 5.30. The van der Waals surface area contributed by atoms with Crippen molar-refractivity contribution < 1.29 is 13.2 Å². The third kappa shape index (κ3) is 4.98. The van der Waals surface area contributed by atoms with Crippen molar-refractivity contribution >= 4 is 5.95 Å². The lowest BCUT2D eigenvalue weighted by atomic mass is 10.1. The smallest absolute Gasteiger partial charge is 0.341 e. The molecule has 1 atom stereocenters. The minimum Gasteiger partial charge on any atom is -0.341 e. The molecule has 0 N–H and O–H groups in total. The number of hydrogen-bond donors (Lipinski definition) is 0. The van der Waals surface area contributed by atoms with E-state index in [1.165, 1.54) is 0 Å². The van der Waals surface area contributed by atoms with Crippen molar-refractivity contribution in [3.8, 4) is 0 Å². The average Bonchev–Trinajstić information content (AvgIpc) is 2.42. The van der Waals surface area contributed by atoms with Crippen LogP contribution in [0.25, 0.3) is 0 Å². The molecule has 0 aliphatic carbocycles. The fourth-order valence-electron chi connectivity index (χ4n) is 1.79. The number of nitrogens with zero attached hydrogens (tertiary/aromatic N) is 3. The molecular weight excluding hydrogens is 267 g/mol. The van der Waals surface area contributed by atoms with E-state index in [1.54, 1.807) is 0 Å². The third-order valence-corrected chi connectivity index (χ3v) is 3.33. The van der Waals surface area contributed by atoms with Crippen LogP contribution in [0.5, 0.6) is 0 Å². The van der Waals surface area contributed by atoms with Crippen LogP contribution in [0.2, 0.25) is 0 Å². The van der Waals surface area contributed by atoms with Crippen molar-refractivity contribution in [2.24, 2.45) is 5.92 Å². The fraction of sp³-hybridized carbons (Fsp3) is 0.714. The van der Waals surface area contributed by atoms with Crippen molar-refractivity contribution in [2.75, 3.05) is 18.0 Å². The molecule has 1 rings (SSSR count). The summed E-state index contributed by atoms with van der Waals surface area (Å²) in [6.45, 7) is 7.84. The standard InChI is InChI=1S/C14H22F3N3/c1-4-7-20(8-6-11(3)5-2)13-18-9-12(10-19-13)14(15,16)17/h9-11H,4-8H2,1-3H3. The van der Waals surface area contributed by atoms with Gasteiger partial charge in [0.15, 0.2) is 0 Å². The van der Waals surface area contributed by atoms with Crippen molar-refractivity contribution in [1.29, 1.82) is 0 Å². The summed E-state index contributed by atoms with van der Waals surface area (Å²) < 4.78 is 37.4. The lowest BCUT2D eigenvalue weighted by Crippen LogP contribution is -2.28. The number of alkyl halides is 3. The first kappa shape index (κ1) is 16.7. The predicted molar refractivity (Wildman–Crippen MR) is 73.6 cm³/mol. The zero-order valence-electron chi connectivity index (χ0n) is 12.2. The molecule has 0 saturated heterocycles. The second-order valence-electron chi connectivity index (χ2n) is 5.06. The fourth-order valence-corrected chi connectivity index (χ4v) is 1.79. The van der Waals surface area contributed by atoms with Gasteiger partial charge < -0.3 is 4.90 Å². The van der Waals surface area contributed by atoms with Crippen molar-refractivity contribution in [1.82, 2.24) is 9.97 Å². The highest BCUT2D eigenvalue weighted by Gasteiger charge is 2.31. The molecule has 0 aliphatic rings. The second-order valence-corrected chi connectivity index (χ2v) is 5.06. The summed E-state index contributed by atoms with van der Waals surface area (Å²) in [4.78, 5) is 9.68. The zero-order valence-corrected chi connectivity index (χ0v) is 12.2. The summed E-state index contributed by atoms with van der Waals surface area (Å²) in [5.74, 6) is 0.965. The van der Waals surface area contributed by atoms with Gasteiger partial charge in [-0.15, -0.1) is 0 Å². The van der Waals surface area contributed by atoms with E-state index in [2.05, 4.69) is 23.8 Å². The Kier molecular flexibility index (Phi) is 6.23. The molecule has 20 heavy (non-hydrogen) atoms. The van der Waals surface area contributed by atoms with E-state index in [0.29, 0.717) is 11.9 Å². The largest absolute Gasteiger partial charge is 0.419 e. The molecule has 0 bridgehead atoms. The molecule has 6 heteroatoms. The Morgan fingerprint density at radius 3 is 2.20 bits per heavy atom. The highest BCUT2D eigenvalue weighted by atomic mass is 19.4. The topological polar surface area (TPSA) is 29.0 Å². The maximum Gasteiger partial charge on any atom is 0.419 e. The Bertz CT molecular complexity index is 390. The van der Waals surface area contributed by atoms with Gasteiger partial charge in [-0.1, -0.05) is 27.2 Å². The molecule has 114 valence electrons. The minimum atomic E-state index is -4.38. The Morgan fingerprint density at radius 1 is 1.15 bits per heavy atom. The third-order valence-electron chi connectivity index (χ3n) is 3.33. The normalized spacial score (nSPS) is 13.3. The van der Waals surface area contributed by atoms with Gasteiger partial charge in [-0.25, -0.2) is 9.97 Å². The molecule has 3 nitrogen and oxygen atoms in total. The Labute approximate surface area is 118 Å². The van der Waals surface area contributed by atoms with Crippen LogP contribution in [0.4, 0.5) is 19.1 Å². The van der Waals surface area contributed by atoms with Gasteiger partial charge in [0.05, 0.1) is 5.56 Å². The van der Waals surface area contributed by atoms with Crippen LogP contribution in [0, 0.1) is 5.92 Å². The first-order chi connectivity index (χ1) is 9.38. The molecule has 0 amide bonds. The van der Waals surface area contributed by atoms with E-state index < -0.39 is 11.7 Å². The Morgan fingerprint density at radius 2 is 1.75 bits per heavy atom. The molecule has 1 aromatic rings. The molecule has 0 spiro atoms. The van der Waals surface area contributed by atoms with Gasteiger partial charge in [-0.2, -0.15) is 13.2 Å². The molecule has 1 unspecified atom stereocenters. The monoisotopic (exact) mass is 289 g/mol.